The lowest BCUT2D eigenvalue weighted by Gasteiger charge is -2.29. The van der Waals surface area contributed by atoms with E-state index in [0.29, 0.717) is 6.04 Å². The predicted molar refractivity (Wildman–Crippen MR) is 52.8 cm³/mol. The van der Waals surface area contributed by atoms with Gasteiger partial charge >= 0.3 is 0 Å². The van der Waals surface area contributed by atoms with Crippen molar-refractivity contribution in [3.63, 3.8) is 0 Å². The molecule has 0 aliphatic heterocycles. The van der Waals surface area contributed by atoms with Crippen molar-refractivity contribution in [1.29, 1.82) is 0 Å². The molecular formula is C10H21NO2. The quantitative estimate of drug-likeness (QED) is 0.693. The van der Waals surface area contributed by atoms with E-state index < -0.39 is 0 Å². The zero-order valence-corrected chi connectivity index (χ0v) is 8.70. The maximum Gasteiger partial charge on any atom is 0.0695 e. The molecule has 0 spiro atoms. The van der Waals surface area contributed by atoms with Crippen molar-refractivity contribution in [3.8, 4) is 0 Å². The predicted octanol–water partition coefficient (Wildman–Crippen LogP) is 0.868. The number of likely N-dealkylation sites (N-methyl/N-ethyl adjacent to an activating group) is 1. The van der Waals surface area contributed by atoms with E-state index in [9.17, 15) is 5.11 Å². The van der Waals surface area contributed by atoms with Crippen LogP contribution in [0.2, 0.25) is 0 Å². The van der Waals surface area contributed by atoms with Crippen molar-refractivity contribution in [2.75, 3.05) is 26.8 Å². The van der Waals surface area contributed by atoms with Gasteiger partial charge in [-0.25, -0.2) is 0 Å². The summed E-state index contributed by atoms with van der Waals surface area (Å²) in [6.07, 6.45) is 3.15. The van der Waals surface area contributed by atoms with Gasteiger partial charge in [0.25, 0.3) is 0 Å². The number of rotatable bonds is 5. The summed E-state index contributed by atoms with van der Waals surface area (Å²) in [6, 6.07) is 0.375. The first-order chi connectivity index (χ1) is 6.29. The second-order valence-corrected chi connectivity index (χ2v) is 3.69. The topological polar surface area (TPSA) is 32.7 Å². The second-order valence-electron chi connectivity index (χ2n) is 3.69. The number of hydrogen-bond acceptors (Lipinski definition) is 3. The highest BCUT2D eigenvalue weighted by molar-refractivity contribution is 4.84. The minimum atomic E-state index is -0.114. The molecule has 0 aromatic carbocycles. The molecule has 0 bridgehead atoms. The second kappa shape index (κ2) is 5.58. The number of ether oxygens (including phenoxy) is 1. The Balaban J connectivity index is 2.35. The lowest BCUT2D eigenvalue weighted by Crippen LogP contribution is -2.42. The molecule has 13 heavy (non-hydrogen) atoms. The summed E-state index contributed by atoms with van der Waals surface area (Å²) in [5, 5.41) is 9.71. The Kier molecular flexibility index (Phi) is 4.70. The van der Waals surface area contributed by atoms with Crippen molar-refractivity contribution in [1.82, 2.24) is 4.90 Å². The molecule has 3 heteroatoms. The number of nitrogens with zero attached hydrogens (tertiary/aromatic N) is 1. The van der Waals surface area contributed by atoms with Crippen LogP contribution >= 0.6 is 0 Å². The van der Waals surface area contributed by atoms with Crippen LogP contribution in [0.25, 0.3) is 0 Å². The van der Waals surface area contributed by atoms with E-state index in [0.717, 1.165) is 39.0 Å². The number of aliphatic hydroxyl groups is 1. The van der Waals surface area contributed by atoms with Crippen LogP contribution in [0.1, 0.15) is 26.2 Å². The van der Waals surface area contributed by atoms with Crippen molar-refractivity contribution in [3.05, 3.63) is 0 Å². The summed E-state index contributed by atoms with van der Waals surface area (Å²) in [4.78, 5) is 2.32. The summed E-state index contributed by atoms with van der Waals surface area (Å²) < 4.78 is 5.05. The van der Waals surface area contributed by atoms with Gasteiger partial charge in [0.1, 0.15) is 0 Å². The molecule has 78 valence electrons. The fourth-order valence-electron chi connectivity index (χ4n) is 2.11. The van der Waals surface area contributed by atoms with E-state index >= 15 is 0 Å². The molecule has 2 unspecified atom stereocenters. The zero-order chi connectivity index (χ0) is 9.68. The van der Waals surface area contributed by atoms with Gasteiger partial charge in [-0.15, -0.1) is 0 Å². The van der Waals surface area contributed by atoms with Gasteiger partial charge in [0.2, 0.25) is 0 Å². The maximum absolute atomic E-state index is 9.71. The molecule has 1 rings (SSSR count). The Hall–Kier alpha value is -0.120. The molecule has 0 heterocycles. The molecule has 0 radical (unpaired) electrons. The monoisotopic (exact) mass is 187 g/mol. The lowest BCUT2D eigenvalue weighted by molar-refractivity contribution is 0.0553. The standard InChI is InChI=1S/C10H21NO2/c1-3-11(7-8-13-2)9-5-4-6-10(9)12/h9-10,12H,3-8H2,1-2H3. The van der Waals surface area contributed by atoms with Crippen molar-refractivity contribution in [2.24, 2.45) is 0 Å². The van der Waals surface area contributed by atoms with Gasteiger partial charge in [-0.05, 0) is 25.8 Å². The summed E-state index contributed by atoms with van der Waals surface area (Å²) in [5.74, 6) is 0. The molecule has 1 saturated carbocycles. The van der Waals surface area contributed by atoms with E-state index in [-0.39, 0.29) is 6.10 Å². The van der Waals surface area contributed by atoms with Crippen LogP contribution in [-0.2, 0) is 4.74 Å². The first-order valence-corrected chi connectivity index (χ1v) is 5.20. The molecule has 1 fully saturated rings. The van der Waals surface area contributed by atoms with Gasteiger partial charge in [0, 0.05) is 19.7 Å². The summed E-state index contributed by atoms with van der Waals surface area (Å²) in [6.45, 7) is 4.84. The average Bonchev–Trinajstić information content (AvgIpc) is 2.54. The summed E-state index contributed by atoms with van der Waals surface area (Å²) >= 11 is 0. The highest BCUT2D eigenvalue weighted by Gasteiger charge is 2.29. The third kappa shape index (κ3) is 2.93. The van der Waals surface area contributed by atoms with Crippen molar-refractivity contribution >= 4 is 0 Å². The number of methoxy groups -OCH3 is 1. The molecule has 2 atom stereocenters. The third-order valence-corrected chi connectivity index (χ3v) is 2.90. The van der Waals surface area contributed by atoms with Crippen LogP contribution < -0.4 is 0 Å². The Morgan fingerprint density at radius 3 is 2.69 bits per heavy atom. The SMILES string of the molecule is CCN(CCOC)C1CCCC1O. The van der Waals surface area contributed by atoms with Gasteiger partial charge in [-0.1, -0.05) is 6.92 Å². The van der Waals surface area contributed by atoms with Crippen molar-refractivity contribution < 1.29 is 9.84 Å². The molecule has 1 N–H and O–H groups in total. The molecular weight excluding hydrogens is 166 g/mol. The zero-order valence-electron chi connectivity index (χ0n) is 8.70. The lowest BCUT2D eigenvalue weighted by atomic mass is 10.2. The van der Waals surface area contributed by atoms with Gasteiger partial charge in [0.05, 0.1) is 12.7 Å². The van der Waals surface area contributed by atoms with Crippen molar-refractivity contribution in [2.45, 2.75) is 38.3 Å². The minimum absolute atomic E-state index is 0.114. The van der Waals surface area contributed by atoms with Crippen LogP contribution in [0.3, 0.4) is 0 Å². The van der Waals surface area contributed by atoms with Gasteiger partial charge in [-0.2, -0.15) is 0 Å². The molecule has 0 saturated heterocycles. The Labute approximate surface area is 80.7 Å². The van der Waals surface area contributed by atoms with Crippen LogP contribution in [-0.4, -0.2) is 49.0 Å². The van der Waals surface area contributed by atoms with Gasteiger partial charge in [0.15, 0.2) is 0 Å². The minimum Gasteiger partial charge on any atom is -0.391 e. The summed E-state index contributed by atoms with van der Waals surface area (Å²) in [5.41, 5.74) is 0. The van der Waals surface area contributed by atoms with E-state index in [1.165, 1.54) is 0 Å². The molecule has 3 nitrogen and oxygen atoms in total. The highest BCUT2D eigenvalue weighted by Crippen LogP contribution is 2.23. The first kappa shape index (κ1) is 11.0. The van der Waals surface area contributed by atoms with E-state index in [4.69, 9.17) is 4.74 Å². The van der Waals surface area contributed by atoms with Gasteiger partial charge in [-0.3, -0.25) is 4.90 Å². The Morgan fingerprint density at radius 2 is 2.23 bits per heavy atom. The third-order valence-electron chi connectivity index (χ3n) is 2.90. The number of aliphatic hydroxyl groups excluding tert-OH is 1. The summed E-state index contributed by atoms with van der Waals surface area (Å²) in [7, 11) is 1.72. The fourth-order valence-corrected chi connectivity index (χ4v) is 2.11. The molecule has 1 aliphatic carbocycles. The van der Waals surface area contributed by atoms with Crippen LogP contribution in [0.4, 0.5) is 0 Å². The molecule has 0 aromatic heterocycles. The van der Waals surface area contributed by atoms with Gasteiger partial charge < -0.3 is 9.84 Å². The van der Waals surface area contributed by atoms with E-state index in [1.807, 2.05) is 0 Å². The molecule has 1 aliphatic rings. The largest absolute Gasteiger partial charge is 0.391 e. The normalized spacial score (nSPS) is 28.6. The Morgan fingerprint density at radius 1 is 1.46 bits per heavy atom. The van der Waals surface area contributed by atoms with Crippen LogP contribution in [0.15, 0.2) is 0 Å². The fraction of sp³-hybridized carbons (Fsp3) is 1.00. The van der Waals surface area contributed by atoms with E-state index in [2.05, 4.69) is 11.8 Å². The van der Waals surface area contributed by atoms with Crippen LogP contribution in [0, 0.1) is 0 Å². The first-order valence-electron chi connectivity index (χ1n) is 5.20. The average molecular weight is 187 g/mol. The van der Waals surface area contributed by atoms with Crippen LogP contribution in [0.5, 0.6) is 0 Å². The molecule has 0 aromatic rings. The molecule has 0 amide bonds. The maximum atomic E-state index is 9.71. The smallest absolute Gasteiger partial charge is 0.0695 e. The van der Waals surface area contributed by atoms with E-state index in [1.54, 1.807) is 7.11 Å². The highest BCUT2D eigenvalue weighted by atomic mass is 16.5. The Bertz CT molecular complexity index is 141. The number of hydrogen-bond donors (Lipinski definition) is 1.